The van der Waals surface area contributed by atoms with Crippen LogP contribution in [0.5, 0.6) is 11.5 Å². The maximum Gasteiger partial charge on any atom is 0.160 e. The third-order valence-electron chi connectivity index (χ3n) is 2.81. The summed E-state index contributed by atoms with van der Waals surface area (Å²) in [7, 11) is 3.26. The van der Waals surface area contributed by atoms with Gasteiger partial charge >= 0.3 is 0 Å². The van der Waals surface area contributed by atoms with E-state index in [0.29, 0.717) is 0 Å². The molecule has 0 fully saturated rings. The molecule has 0 bridgehead atoms. The Morgan fingerprint density at radius 2 is 1.95 bits per heavy atom. The Hall–Kier alpha value is -0.710. The van der Waals surface area contributed by atoms with Crippen LogP contribution < -0.4 is 9.47 Å². The number of halogens is 2. The second-order valence-corrected chi connectivity index (χ2v) is 6.86. The molecule has 0 saturated carbocycles. The van der Waals surface area contributed by atoms with Crippen LogP contribution in [0.25, 0.3) is 0 Å². The second-order valence-electron chi connectivity index (χ2n) is 4.05. The Bertz CT molecular complexity index is 556. The largest absolute Gasteiger partial charge is 0.493 e. The fourth-order valence-electron chi connectivity index (χ4n) is 1.82. The molecule has 0 aliphatic carbocycles. The lowest BCUT2D eigenvalue weighted by molar-refractivity contribution is 0.354. The summed E-state index contributed by atoms with van der Waals surface area (Å²) in [5.74, 6) is 1.46. The summed E-state index contributed by atoms with van der Waals surface area (Å²) in [5, 5.41) is 2.03. The molecule has 0 spiro atoms. The van der Waals surface area contributed by atoms with Gasteiger partial charge in [0.1, 0.15) is 0 Å². The fraction of sp³-hybridized carbons (Fsp3) is 0.286. The number of hydrogen-bond donors (Lipinski definition) is 0. The lowest BCUT2D eigenvalue weighted by Crippen LogP contribution is -1.96. The van der Waals surface area contributed by atoms with Crippen LogP contribution in [0.2, 0.25) is 0 Å². The molecule has 102 valence electrons. The maximum absolute atomic E-state index is 6.44. The van der Waals surface area contributed by atoms with Gasteiger partial charge in [0.25, 0.3) is 0 Å². The van der Waals surface area contributed by atoms with E-state index in [1.807, 2.05) is 18.2 Å². The molecule has 19 heavy (non-hydrogen) atoms. The maximum atomic E-state index is 6.44. The van der Waals surface area contributed by atoms with Crippen molar-refractivity contribution in [1.82, 2.24) is 0 Å². The lowest BCUT2D eigenvalue weighted by Gasteiger charge is -2.11. The molecule has 0 amide bonds. The average molecular weight is 362 g/mol. The molecule has 1 aromatic heterocycles. The normalized spacial score (nSPS) is 12.2. The molecule has 2 rings (SSSR count). The van der Waals surface area contributed by atoms with Gasteiger partial charge in [-0.15, -0.1) is 22.9 Å². The van der Waals surface area contributed by atoms with Crippen LogP contribution in [0.15, 0.2) is 33.4 Å². The zero-order valence-corrected chi connectivity index (χ0v) is 13.8. The molecule has 1 heterocycles. The van der Waals surface area contributed by atoms with Crippen molar-refractivity contribution in [1.29, 1.82) is 0 Å². The molecule has 1 unspecified atom stereocenters. The van der Waals surface area contributed by atoms with Gasteiger partial charge in [0.15, 0.2) is 11.5 Å². The third kappa shape index (κ3) is 3.65. The summed E-state index contributed by atoms with van der Waals surface area (Å²) in [6, 6.07) is 7.94. The van der Waals surface area contributed by atoms with Gasteiger partial charge in [-0.3, -0.25) is 0 Å². The van der Waals surface area contributed by atoms with Gasteiger partial charge in [-0.2, -0.15) is 0 Å². The van der Waals surface area contributed by atoms with Crippen molar-refractivity contribution in [3.05, 3.63) is 44.6 Å². The molecular weight excluding hydrogens is 348 g/mol. The highest BCUT2D eigenvalue weighted by Crippen LogP contribution is 2.34. The van der Waals surface area contributed by atoms with Crippen LogP contribution in [0.4, 0.5) is 0 Å². The van der Waals surface area contributed by atoms with Crippen LogP contribution in [0.1, 0.15) is 16.5 Å². The predicted molar refractivity (Wildman–Crippen MR) is 83.9 cm³/mol. The molecule has 0 aliphatic heterocycles. The molecule has 1 atom stereocenters. The molecule has 1 aromatic carbocycles. The van der Waals surface area contributed by atoms with Crippen molar-refractivity contribution in [3.63, 3.8) is 0 Å². The van der Waals surface area contributed by atoms with E-state index >= 15 is 0 Å². The van der Waals surface area contributed by atoms with E-state index in [1.54, 1.807) is 25.6 Å². The van der Waals surface area contributed by atoms with Gasteiger partial charge in [0, 0.05) is 0 Å². The number of alkyl halides is 1. The van der Waals surface area contributed by atoms with E-state index in [0.717, 1.165) is 32.8 Å². The van der Waals surface area contributed by atoms with Gasteiger partial charge in [-0.1, -0.05) is 6.07 Å². The minimum absolute atomic E-state index is 0.0411. The van der Waals surface area contributed by atoms with Gasteiger partial charge in [0.2, 0.25) is 0 Å². The summed E-state index contributed by atoms with van der Waals surface area (Å²) in [5.41, 5.74) is 2.26. The van der Waals surface area contributed by atoms with Crippen molar-refractivity contribution in [3.8, 4) is 11.5 Å². The molecule has 2 nitrogen and oxygen atoms in total. The Labute approximate surface area is 130 Å². The average Bonchev–Trinajstić information content (AvgIpc) is 2.85. The number of methoxy groups -OCH3 is 2. The van der Waals surface area contributed by atoms with E-state index in [4.69, 9.17) is 21.1 Å². The SMILES string of the molecule is COc1ccc(CC(Cl)c2csc(Br)c2)cc1OC. The molecule has 0 radical (unpaired) electrons. The Morgan fingerprint density at radius 3 is 2.53 bits per heavy atom. The second kappa shape index (κ2) is 6.64. The number of hydrogen-bond acceptors (Lipinski definition) is 3. The molecule has 2 aromatic rings. The topological polar surface area (TPSA) is 18.5 Å². The van der Waals surface area contributed by atoms with Gasteiger partial charge < -0.3 is 9.47 Å². The summed E-state index contributed by atoms with van der Waals surface area (Å²) in [6.07, 6.45) is 0.755. The van der Waals surface area contributed by atoms with Crippen molar-refractivity contribution in [2.75, 3.05) is 14.2 Å². The van der Waals surface area contributed by atoms with Crippen LogP contribution in [-0.4, -0.2) is 14.2 Å². The van der Waals surface area contributed by atoms with Crippen LogP contribution in [0.3, 0.4) is 0 Å². The van der Waals surface area contributed by atoms with Crippen molar-refractivity contribution in [2.45, 2.75) is 11.8 Å². The monoisotopic (exact) mass is 360 g/mol. The highest BCUT2D eigenvalue weighted by molar-refractivity contribution is 9.11. The van der Waals surface area contributed by atoms with Gasteiger partial charge in [-0.25, -0.2) is 0 Å². The van der Waals surface area contributed by atoms with Crippen LogP contribution in [0, 0.1) is 0 Å². The zero-order chi connectivity index (χ0) is 13.8. The summed E-state index contributed by atoms with van der Waals surface area (Å²) in [6.45, 7) is 0. The van der Waals surface area contributed by atoms with E-state index in [1.165, 1.54) is 0 Å². The summed E-state index contributed by atoms with van der Waals surface area (Å²) >= 11 is 11.5. The van der Waals surface area contributed by atoms with Gasteiger partial charge in [-0.05, 0) is 57.1 Å². The fourth-order valence-corrected chi connectivity index (χ4v) is 3.43. The smallest absolute Gasteiger partial charge is 0.160 e. The standard InChI is InChI=1S/C14H14BrClO2S/c1-17-12-4-3-9(6-13(12)18-2)5-11(16)10-7-14(15)19-8-10/h3-4,6-8,11H,5H2,1-2H3. The number of thiophene rings is 1. The lowest BCUT2D eigenvalue weighted by atomic mass is 10.1. The van der Waals surface area contributed by atoms with E-state index < -0.39 is 0 Å². The van der Waals surface area contributed by atoms with Crippen molar-refractivity contribution >= 4 is 38.9 Å². The van der Waals surface area contributed by atoms with Crippen molar-refractivity contribution < 1.29 is 9.47 Å². The van der Waals surface area contributed by atoms with Gasteiger partial charge in [0.05, 0.1) is 23.4 Å². The van der Waals surface area contributed by atoms with Crippen molar-refractivity contribution in [2.24, 2.45) is 0 Å². The minimum Gasteiger partial charge on any atom is -0.493 e. The zero-order valence-electron chi connectivity index (χ0n) is 10.7. The van der Waals surface area contributed by atoms with E-state index in [2.05, 4.69) is 27.4 Å². The molecule has 0 N–H and O–H groups in total. The Kier molecular flexibility index (Phi) is 5.13. The first kappa shape index (κ1) is 14.7. The van der Waals surface area contributed by atoms with E-state index in [-0.39, 0.29) is 5.38 Å². The first-order valence-corrected chi connectivity index (χ1v) is 7.84. The number of benzene rings is 1. The van der Waals surface area contributed by atoms with Crippen LogP contribution >= 0.6 is 38.9 Å². The highest BCUT2D eigenvalue weighted by atomic mass is 79.9. The predicted octanol–water partition coefficient (Wildman–Crippen LogP) is 5.05. The Morgan fingerprint density at radius 1 is 1.21 bits per heavy atom. The highest BCUT2D eigenvalue weighted by Gasteiger charge is 2.12. The quantitative estimate of drug-likeness (QED) is 0.694. The molecular formula is C14H14BrClO2S. The minimum atomic E-state index is -0.0411. The summed E-state index contributed by atoms with van der Waals surface area (Å²) in [4.78, 5) is 0. The Balaban J connectivity index is 2.14. The number of ether oxygens (including phenoxy) is 2. The third-order valence-corrected chi connectivity index (χ3v) is 4.74. The van der Waals surface area contributed by atoms with E-state index in [9.17, 15) is 0 Å². The molecule has 0 aliphatic rings. The number of rotatable bonds is 5. The molecule has 0 saturated heterocycles. The summed E-state index contributed by atoms with van der Waals surface area (Å²) < 4.78 is 11.6. The molecule has 5 heteroatoms. The first-order valence-electron chi connectivity index (χ1n) is 5.73. The van der Waals surface area contributed by atoms with Crippen LogP contribution in [-0.2, 0) is 6.42 Å². The first-order chi connectivity index (χ1) is 9.13.